The molecule has 0 radical (unpaired) electrons. The van der Waals surface area contributed by atoms with Crippen molar-refractivity contribution in [1.29, 1.82) is 0 Å². The number of hydrogen-bond donors (Lipinski definition) is 1. The van der Waals surface area contributed by atoms with Crippen LogP contribution in [0, 0.1) is 11.8 Å². The van der Waals surface area contributed by atoms with Gasteiger partial charge in [0.15, 0.2) is 0 Å². The minimum absolute atomic E-state index is 0.112. The van der Waals surface area contributed by atoms with Gasteiger partial charge in [-0.3, -0.25) is 0 Å². The smallest absolute Gasteiger partial charge is 0.119 e. The van der Waals surface area contributed by atoms with E-state index in [1.807, 2.05) is 36.4 Å². The van der Waals surface area contributed by atoms with Gasteiger partial charge in [-0.1, -0.05) is 43.0 Å². The molecular formula is C18H18O2. The maximum absolute atomic E-state index is 8.64. The number of benzene rings is 2. The Morgan fingerprint density at radius 3 is 2.20 bits per heavy atom. The molecule has 102 valence electrons. The van der Waals surface area contributed by atoms with Gasteiger partial charge in [-0.05, 0) is 41.8 Å². The van der Waals surface area contributed by atoms with Crippen LogP contribution in [0.3, 0.4) is 0 Å². The lowest BCUT2D eigenvalue weighted by molar-refractivity contribution is 0.306. The van der Waals surface area contributed by atoms with Crippen LogP contribution in [-0.2, 0) is 13.0 Å². The average molecular weight is 266 g/mol. The minimum atomic E-state index is -0.112. The second-order valence-corrected chi connectivity index (χ2v) is 4.44. The lowest BCUT2D eigenvalue weighted by atomic mass is 10.1. The molecule has 0 aliphatic rings. The van der Waals surface area contributed by atoms with Crippen molar-refractivity contribution in [3.8, 4) is 17.6 Å². The fourth-order valence-electron chi connectivity index (χ4n) is 1.81. The molecule has 0 aromatic heterocycles. The molecule has 0 aliphatic carbocycles. The van der Waals surface area contributed by atoms with Crippen molar-refractivity contribution in [3.05, 3.63) is 65.2 Å². The molecule has 0 heterocycles. The summed E-state index contributed by atoms with van der Waals surface area (Å²) in [5.41, 5.74) is 3.30. The van der Waals surface area contributed by atoms with Crippen LogP contribution in [0.4, 0.5) is 0 Å². The lowest BCUT2D eigenvalue weighted by Gasteiger charge is -2.07. The Kier molecular flexibility index (Phi) is 5.23. The first-order valence-corrected chi connectivity index (χ1v) is 6.72. The van der Waals surface area contributed by atoms with Gasteiger partial charge in [0, 0.05) is 5.56 Å². The van der Waals surface area contributed by atoms with E-state index < -0.39 is 0 Å². The molecule has 2 aromatic rings. The molecule has 0 fully saturated rings. The van der Waals surface area contributed by atoms with E-state index in [-0.39, 0.29) is 6.61 Å². The standard InChI is InChI=1S/C18H18O2/c1-2-15-9-11-18(12-10-15)20-14-17-7-5-16(6-8-17)4-3-13-19/h5-12,19H,2,13-14H2,1H3. The third kappa shape index (κ3) is 4.15. The van der Waals surface area contributed by atoms with Crippen LogP contribution in [0.15, 0.2) is 48.5 Å². The molecule has 2 rings (SSSR count). The Hall–Kier alpha value is -2.24. The number of aliphatic hydroxyl groups excluding tert-OH is 1. The van der Waals surface area contributed by atoms with Crippen molar-refractivity contribution in [3.63, 3.8) is 0 Å². The molecule has 1 N–H and O–H groups in total. The predicted octanol–water partition coefficient (Wildman–Crippen LogP) is 3.17. The molecule has 0 amide bonds. The van der Waals surface area contributed by atoms with E-state index in [0.29, 0.717) is 6.61 Å². The van der Waals surface area contributed by atoms with E-state index in [4.69, 9.17) is 9.84 Å². The topological polar surface area (TPSA) is 29.5 Å². The molecule has 0 saturated carbocycles. The fraction of sp³-hybridized carbons (Fsp3) is 0.222. The van der Waals surface area contributed by atoms with Crippen LogP contribution in [0.1, 0.15) is 23.6 Å². The zero-order valence-electron chi connectivity index (χ0n) is 11.6. The SMILES string of the molecule is CCc1ccc(OCc2ccc(C#CCO)cc2)cc1. The summed E-state index contributed by atoms with van der Waals surface area (Å²) in [5.74, 6) is 6.37. The monoisotopic (exact) mass is 266 g/mol. The molecule has 0 atom stereocenters. The molecule has 2 nitrogen and oxygen atoms in total. The highest BCUT2D eigenvalue weighted by atomic mass is 16.5. The van der Waals surface area contributed by atoms with Gasteiger partial charge in [0.2, 0.25) is 0 Å². The van der Waals surface area contributed by atoms with Gasteiger partial charge < -0.3 is 9.84 Å². The summed E-state index contributed by atoms with van der Waals surface area (Å²) in [6.07, 6.45) is 1.04. The summed E-state index contributed by atoms with van der Waals surface area (Å²) in [6, 6.07) is 16.0. The van der Waals surface area contributed by atoms with E-state index in [0.717, 1.165) is 23.3 Å². The Bertz CT molecular complexity index is 586. The number of aliphatic hydroxyl groups is 1. The van der Waals surface area contributed by atoms with Crippen molar-refractivity contribution >= 4 is 0 Å². The van der Waals surface area contributed by atoms with Crippen LogP contribution >= 0.6 is 0 Å². The molecular weight excluding hydrogens is 248 g/mol. The Balaban J connectivity index is 1.93. The van der Waals surface area contributed by atoms with Crippen molar-refractivity contribution < 1.29 is 9.84 Å². The van der Waals surface area contributed by atoms with Gasteiger partial charge in [0.05, 0.1) is 0 Å². The van der Waals surface area contributed by atoms with E-state index in [9.17, 15) is 0 Å². The zero-order chi connectivity index (χ0) is 14.2. The molecule has 20 heavy (non-hydrogen) atoms. The summed E-state index contributed by atoms with van der Waals surface area (Å²) in [6.45, 7) is 2.56. The normalized spacial score (nSPS) is 9.70. The lowest BCUT2D eigenvalue weighted by Crippen LogP contribution is -1.95. The van der Waals surface area contributed by atoms with Crippen molar-refractivity contribution in [2.24, 2.45) is 0 Å². The number of rotatable bonds is 4. The second-order valence-electron chi connectivity index (χ2n) is 4.44. The van der Waals surface area contributed by atoms with Crippen molar-refractivity contribution in [1.82, 2.24) is 0 Å². The van der Waals surface area contributed by atoms with Crippen molar-refractivity contribution in [2.45, 2.75) is 20.0 Å². The van der Waals surface area contributed by atoms with Gasteiger partial charge in [-0.15, -0.1) is 0 Å². The third-order valence-corrected chi connectivity index (χ3v) is 3.00. The molecule has 2 heteroatoms. The van der Waals surface area contributed by atoms with E-state index in [1.54, 1.807) is 0 Å². The summed E-state index contributed by atoms with van der Waals surface area (Å²) in [7, 11) is 0. The van der Waals surface area contributed by atoms with Gasteiger partial charge in [-0.25, -0.2) is 0 Å². The van der Waals surface area contributed by atoms with Gasteiger partial charge in [0.1, 0.15) is 19.0 Å². The summed E-state index contributed by atoms with van der Waals surface area (Å²) in [4.78, 5) is 0. The maximum atomic E-state index is 8.64. The molecule has 2 aromatic carbocycles. The van der Waals surface area contributed by atoms with Crippen LogP contribution < -0.4 is 4.74 Å². The third-order valence-electron chi connectivity index (χ3n) is 3.00. The molecule has 0 saturated heterocycles. The highest BCUT2D eigenvalue weighted by molar-refractivity contribution is 5.36. The largest absolute Gasteiger partial charge is 0.489 e. The Morgan fingerprint density at radius 1 is 0.950 bits per heavy atom. The first-order valence-electron chi connectivity index (χ1n) is 6.72. The highest BCUT2D eigenvalue weighted by Gasteiger charge is 1.97. The molecule has 0 unspecified atom stereocenters. The summed E-state index contributed by atoms with van der Waals surface area (Å²) >= 11 is 0. The first kappa shape index (κ1) is 14.2. The summed E-state index contributed by atoms with van der Waals surface area (Å²) < 4.78 is 5.74. The number of hydrogen-bond acceptors (Lipinski definition) is 2. The Labute approximate surface area is 120 Å². The quantitative estimate of drug-likeness (QED) is 0.861. The highest BCUT2D eigenvalue weighted by Crippen LogP contribution is 2.14. The van der Waals surface area contributed by atoms with Crippen LogP contribution in [0.2, 0.25) is 0 Å². The van der Waals surface area contributed by atoms with Crippen LogP contribution in [0.25, 0.3) is 0 Å². The van der Waals surface area contributed by atoms with E-state index >= 15 is 0 Å². The summed E-state index contributed by atoms with van der Waals surface area (Å²) in [5, 5.41) is 8.64. The van der Waals surface area contributed by atoms with E-state index in [2.05, 4.69) is 30.9 Å². The predicted molar refractivity (Wildman–Crippen MR) is 80.6 cm³/mol. The second kappa shape index (κ2) is 7.37. The maximum Gasteiger partial charge on any atom is 0.119 e. The van der Waals surface area contributed by atoms with E-state index in [1.165, 1.54) is 5.56 Å². The van der Waals surface area contributed by atoms with Crippen molar-refractivity contribution in [2.75, 3.05) is 6.61 Å². The fourth-order valence-corrected chi connectivity index (χ4v) is 1.81. The Morgan fingerprint density at radius 2 is 1.60 bits per heavy atom. The van der Waals surface area contributed by atoms with Crippen LogP contribution in [0.5, 0.6) is 5.75 Å². The number of ether oxygens (including phenoxy) is 1. The first-order chi connectivity index (χ1) is 9.81. The van der Waals surface area contributed by atoms with Gasteiger partial charge >= 0.3 is 0 Å². The number of aryl methyl sites for hydroxylation is 1. The minimum Gasteiger partial charge on any atom is -0.489 e. The average Bonchev–Trinajstić information content (AvgIpc) is 2.52. The molecule has 0 spiro atoms. The van der Waals surface area contributed by atoms with Crippen LogP contribution in [-0.4, -0.2) is 11.7 Å². The van der Waals surface area contributed by atoms with Gasteiger partial charge in [0.25, 0.3) is 0 Å². The molecule has 0 bridgehead atoms. The molecule has 0 aliphatic heterocycles. The van der Waals surface area contributed by atoms with Gasteiger partial charge in [-0.2, -0.15) is 0 Å². The zero-order valence-corrected chi connectivity index (χ0v) is 11.6.